The molecule has 0 radical (unpaired) electrons. The van der Waals surface area contributed by atoms with Gasteiger partial charge in [0.1, 0.15) is 5.54 Å². The van der Waals surface area contributed by atoms with Crippen LogP contribution in [0, 0.1) is 5.92 Å². The molecule has 2 N–H and O–H groups in total. The van der Waals surface area contributed by atoms with Gasteiger partial charge in [-0.1, -0.05) is 22.9 Å². The maximum absolute atomic E-state index is 12.6. The molecule has 3 aliphatic rings. The van der Waals surface area contributed by atoms with Crippen molar-refractivity contribution in [3.8, 4) is 0 Å². The SMILES string of the molecule is CN1C(=O)N(CC[C@H](CC(=NO)c2ccc3c(c2)CC2=C3CCCC2)C(=O)O)C(=O)C1(C)C. The lowest BCUT2D eigenvalue weighted by molar-refractivity contribution is -0.142. The molecule has 8 heteroatoms. The van der Waals surface area contributed by atoms with Gasteiger partial charge in [-0.25, -0.2) is 4.79 Å². The predicted octanol–water partition coefficient (Wildman–Crippen LogP) is 3.90. The van der Waals surface area contributed by atoms with E-state index in [-0.39, 0.29) is 25.3 Å². The van der Waals surface area contributed by atoms with Gasteiger partial charge < -0.3 is 15.2 Å². The van der Waals surface area contributed by atoms with Gasteiger partial charge in [0, 0.05) is 20.0 Å². The second-order valence-corrected chi connectivity index (χ2v) is 9.77. The highest BCUT2D eigenvalue weighted by Gasteiger charge is 2.49. The fourth-order valence-corrected chi connectivity index (χ4v) is 5.16. The summed E-state index contributed by atoms with van der Waals surface area (Å²) in [7, 11) is 1.56. The molecule has 0 unspecified atom stereocenters. The van der Waals surface area contributed by atoms with Crippen LogP contribution < -0.4 is 0 Å². The minimum absolute atomic E-state index is 0.00192. The number of carboxylic acid groups (broad SMARTS) is 1. The molecule has 1 aromatic carbocycles. The van der Waals surface area contributed by atoms with Gasteiger partial charge in [-0.15, -0.1) is 0 Å². The summed E-state index contributed by atoms with van der Waals surface area (Å²) in [5, 5.41) is 22.9. The maximum atomic E-state index is 12.6. The number of imide groups is 1. The van der Waals surface area contributed by atoms with Gasteiger partial charge in [-0.05, 0) is 80.7 Å². The summed E-state index contributed by atoms with van der Waals surface area (Å²) in [6.45, 7) is 3.33. The number of urea groups is 1. The Morgan fingerprint density at radius 1 is 1.21 bits per heavy atom. The van der Waals surface area contributed by atoms with Crippen LogP contribution in [-0.2, 0) is 16.0 Å². The predicted molar refractivity (Wildman–Crippen MR) is 123 cm³/mol. The Hall–Kier alpha value is -3.16. The third-order valence-electron chi connectivity index (χ3n) is 7.49. The molecule has 1 fully saturated rings. The fourth-order valence-electron chi connectivity index (χ4n) is 5.16. The van der Waals surface area contributed by atoms with Crippen LogP contribution in [0.25, 0.3) is 5.57 Å². The number of carboxylic acids is 1. The maximum Gasteiger partial charge on any atom is 0.327 e. The van der Waals surface area contributed by atoms with Crippen LogP contribution in [0.4, 0.5) is 4.79 Å². The number of hydrogen-bond acceptors (Lipinski definition) is 5. The van der Waals surface area contributed by atoms with E-state index < -0.39 is 23.5 Å². The molecule has 1 saturated heterocycles. The smallest absolute Gasteiger partial charge is 0.327 e. The fraction of sp³-hybridized carbons (Fsp3) is 0.520. The standard InChI is InChI=1S/C25H31N3O5/c1-25(2)23(31)28(24(32)27(25)3)11-10-17(22(29)30)14-21(26-33)16-8-9-20-18(13-16)12-15-6-4-5-7-19(15)20/h8-9,13,17,33H,4-7,10-12,14H2,1-3H3,(H,29,30)/t17-/m1/s1. The summed E-state index contributed by atoms with van der Waals surface area (Å²) < 4.78 is 0. The second kappa shape index (κ2) is 8.65. The highest BCUT2D eigenvalue weighted by atomic mass is 16.4. The number of allylic oxidation sites excluding steroid dienone is 2. The number of rotatable bonds is 7. The molecule has 176 valence electrons. The number of carbonyl (C=O) groups is 3. The Morgan fingerprint density at radius 3 is 2.58 bits per heavy atom. The Balaban J connectivity index is 1.47. The molecule has 4 rings (SSSR count). The molecule has 8 nitrogen and oxygen atoms in total. The van der Waals surface area contributed by atoms with Crippen LogP contribution in [0.1, 0.15) is 69.1 Å². The van der Waals surface area contributed by atoms with Crippen molar-refractivity contribution in [2.45, 2.75) is 64.3 Å². The van der Waals surface area contributed by atoms with Crippen LogP contribution in [0.3, 0.4) is 0 Å². The van der Waals surface area contributed by atoms with E-state index in [0.29, 0.717) is 11.3 Å². The van der Waals surface area contributed by atoms with Gasteiger partial charge in [-0.2, -0.15) is 0 Å². The van der Waals surface area contributed by atoms with Crippen molar-refractivity contribution in [2.75, 3.05) is 13.6 Å². The minimum Gasteiger partial charge on any atom is -0.481 e. The van der Waals surface area contributed by atoms with E-state index in [1.807, 2.05) is 12.1 Å². The Kier molecular flexibility index (Phi) is 6.03. The lowest BCUT2D eigenvalue weighted by atomic mass is 9.91. The first-order chi connectivity index (χ1) is 15.6. The van der Waals surface area contributed by atoms with Crippen molar-refractivity contribution >= 4 is 29.2 Å². The number of aliphatic carboxylic acids is 1. The lowest BCUT2D eigenvalue weighted by Crippen LogP contribution is -2.41. The second-order valence-electron chi connectivity index (χ2n) is 9.77. The minimum atomic E-state index is -1.05. The van der Waals surface area contributed by atoms with Crippen LogP contribution in [0.5, 0.6) is 0 Å². The van der Waals surface area contributed by atoms with Gasteiger partial charge >= 0.3 is 12.0 Å². The lowest BCUT2D eigenvalue weighted by Gasteiger charge is -2.22. The number of likely N-dealkylation sites (N-methyl/N-ethyl adjacent to an activating group) is 1. The van der Waals surface area contributed by atoms with Crippen molar-refractivity contribution in [3.05, 3.63) is 40.5 Å². The van der Waals surface area contributed by atoms with Crippen molar-refractivity contribution < 1.29 is 24.7 Å². The van der Waals surface area contributed by atoms with Gasteiger partial charge in [0.05, 0.1) is 11.6 Å². The molecular weight excluding hydrogens is 422 g/mol. The first kappa shape index (κ1) is 23.0. The Bertz CT molecular complexity index is 1070. The van der Waals surface area contributed by atoms with E-state index in [4.69, 9.17) is 0 Å². The number of fused-ring (bicyclic) bond motifs is 2. The number of oxime groups is 1. The summed E-state index contributed by atoms with van der Waals surface area (Å²) in [5.74, 6) is -2.29. The number of hydrogen-bond donors (Lipinski definition) is 2. The molecule has 0 spiro atoms. The molecule has 2 aliphatic carbocycles. The molecule has 3 amide bonds. The van der Waals surface area contributed by atoms with Crippen LogP contribution in [0.2, 0.25) is 0 Å². The van der Waals surface area contributed by atoms with Crippen LogP contribution in [0.15, 0.2) is 28.9 Å². The average Bonchev–Trinajstić information content (AvgIpc) is 3.23. The molecule has 0 bridgehead atoms. The molecule has 1 aliphatic heterocycles. The zero-order chi connectivity index (χ0) is 23.9. The number of benzene rings is 1. The summed E-state index contributed by atoms with van der Waals surface area (Å²) >= 11 is 0. The van der Waals surface area contributed by atoms with Crippen molar-refractivity contribution in [3.63, 3.8) is 0 Å². The quantitative estimate of drug-likeness (QED) is 0.282. The van der Waals surface area contributed by atoms with E-state index in [1.165, 1.54) is 40.0 Å². The molecule has 1 atom stereocenters. The zero-order valence-electron chi connectivity index (χ0n) is 19.4. The van der Waals surface area contributed by atoms with E-state index in [9.17, 15) is 24.7 Å². The third kappa shape index (κ3) is 4.03. The van der Waals surface area contributed by atoms with E-state index in [2.05, 4.69) is 11.2 Å². The first-order valence-corrected chi connectivity index (χ1v) is 11.5. The summed E-state index contributed by atoms with van der Waals surface area (Å²) in [6.07, 6.45) is 5.65. The van der Waals surface area contributed by atoms with E-state index in [0.717, 1.165) is 24.2 Å². The van der Waals surface area contributed by atoms with Gasteiger partial charge in [0.2, 0.25) is 0 Å². The Morgan fingerprint density at radius 2 is 1.94 bits per heavy atom. The van der Waals surface area contributed by atoms with E-state index >= 15 is 0 Å². The first-order valence-electron chi connectivity index (χ1n) is 11.5. The summed E-state index contributed by atoms with van der Waals surface area (Å²) in [6, 6.07) is 5.52. The van der Waals surface area contributed by atoms with Gasteiger partial charge in [-0.3, -0.25) is 14.5 Å². The van der Waals surface area contributed by atoms with Crippen LogP contribution in [-0.4, -0.2) is 62.9 Å². The topological polar surface area (TPSA) is 111 Å². The van der Waals surface area contributed by atoms with Crippen molar-refractivity contribution in [1.29, 1.82) is 0 Å². The van der Waals surface area contributed by atoms with Crippen LogP contribution >= 0.6 is 0 Å². The number of amides is 3. The third-order valence-corrected chi connectivity index (χ3v) is 7.49. The Labute approximate surface area is 193 Å². The average molecular weight is 454 g/mol. The molecular formula is C25H31N3O5. The van der Waals surface area contributed by atoms with Gasteiger partial charge in [0.15, 0.2) is 0 Å². The monoisotopic (exact) mass is 453 g/mol. The summed E-state index contributed by atoms with van der Waals surface area (Å²) in [5.41, 5.74) is 5.45. The summed E-state index contributed by atoms with van der Waals surface area (Å²) in [4.78, 5) is 39.5. The molecule has 33 heavy (non-hydrogen) atoms. The highest BCUT2D eigenvalue weighted by Crippen LogP contribution is 2.41. The largest absolute Gasteiger partial charge is 0.481 e. The van der Waals surface area contributed by atoms with E-state index in [1.54, 1.807) is 20.9 Å². The molecule has 1 heterocycles. The normalized spacial score (nSPS) is 20.9. The molecule has 0 aromatic heterocycles. The number of nitrogens with zero attached hydrogens (tertiary/aromatic N) is 3. The molecule has 1 aromatic rings. The number of carbonyl (C=O) groups excluding carboxylic acids is 2. The van der Waals surface area contributed by atoms with Crippen molar-refractivity contribution in [1.82, 2.24) is 9.80 Å². The molecule has 0 saturated carbocycles. The van der Waals surface area contributed by atoms with Crippen molar-refractivity contribution in [2.24, 2.45) is 11.1 Å². The zero-order valence-corrected chi connectivity index (χ0v) is 19.4. The van der Waals surface area contributed by atoms with Gasteiger partial charge in [0.25, 0.3) is 5.91 Å². The highest BCUT2D eigenvalue weighted by molar-refractivity contribution is 6.06.